The van der Waals surface area contributed by atoms with Crippen molar-refractivity contribution in [3.8, 4) is 5.75 Å². The molecule has 0 unspecified atom stereocenters. The number of ether oxygens (including phenoxy) is 1. The Labute approximate surface area is 203 Å². The molecule has 3 amide bonds. The number of anilines is 2. The molecule has 0 atom stereocenters. The van der Waals surface area contributed by atoms with Crippen molar-refractivity contribution in [1.82, 2.24) is 24.0 Å². The van der Waals surface area contributed by atoms with Crippen molar-refractivity contribution in [3.05, 3.63) is 83.7 Å². The second-order valence-electron chi connectivity index (χ2n) is 7.86. The highest BCUT2D eigenvalue weighted by atomic mass is 16.5. The lowest BCUT2D eigenvalue weighted by atomic mass is 10.1. The molecule has 12 nitrogen and oxygen atoms in total. The number of benzene rings is 1. The quantitative estimate of drug-likeness (QED) is 0.333. The number of rotatable bonds is 6. The molecule has 0 bridgehead atoms. The number of aromatic nitrogens is 5. The number of nitrogens with one attached hydrogen (secondary N) is 2. The van der Waals surface area contributed by atoms with Gasteiger partial charge in [0.15, 0.2) is 5.65 Å². The lowest BCUT2D eigenvalue weighted by Gasteiger charge is -2.12. The number of carbonyl (C=O) groups is 3. The number of methoxy groups -OCH3 is 1. The van der Waals surface area contributed by atoms with Crippen LogP contribution in [0.25, 0.3) is 11.3 Å². The Kier molecular flexibility index (Phi) is 5.53. The number of pyridine rings is 1. The summed E-state index contributed by atoms with van der Waals surface area (Å²) in [4.78, 5) is 45.7. The van der Waals surface area contributed by atoms with Crippen LogP contribution in [-0.4, -0.2) is 48.8 Å². The summed E-state index contributed by atoms with van der Waals surface area (Å²) in [6, 6.07) is 10.0. The van der Waals surface area contributed by atoms with Crippen LogP contribution in [0.2, 0.25) is 0 Å². The molecule has 180 valence electrons. The van der Waals surface area contributed by atoms with Crippen LogP contribution in [0.1, 0.15) is 36.9 Å². The SMILES string of the molecule is COc1ccn2c(C(=O)Nc3ccc(NC(=O)c4ccnc5c(C(N)=O)cnn45)cc3C)cnc2c1. The van der Waals surface area contributed by atoms with Gasteiger partial charge >= 0.3 is 0 Å². The number of aryl methyl sites for hydroxylation is 1. The lowest BCUT2D eigenvalue weighted by Crippen LogP contribution is -2.18. The summed E-state index contributed by atoms with van der Waals surface area (Å²) in [5.74, 6) is -0.844. The van der Waals surface area contributed by atoms with E-state index in [2.05, 4.69) is 25.7 Å². The van der Waals surface area contributed by atoms with Gasteiger partial charge in [-0.15, -0.1) is 0 Å². The molecule has 4 heterocycles. The third-order valence-electron chi connectivity index (χ3n) is 5.58. The van der Waals surface area contributed by atoms with Gasteiger partial charge in [-0.3, -0.25) is 18.8 Å². The van der Waals surface area contributed by atoms with E-state index in [1.807, 2.05) is 6.92 Å². The van der Waals surface area contributed by atoms with Crippen LogP contribution in [0, 0.1) is 6.92 Å². The average molecular weight is 484 g/mol. The van der Waals surface area contributed by atoms with Gasteiger partial charge in [-0.1, -0.05) is 0 Å². The van der Waals surface area contributed by atoms with E-state index in [1.54, 1.807) is 48.0 Å². The van der Waals surface area contributed by atoms with E-state index in [9.17, 15) is 14.4 Å². The first kappa shape index (κ1) is 22.5. The fourth-order valence-corrected chi connectivity index (χ4v) is 3.76. The van der Waals surface area contributed by atoms with E-state index >= 15 is 0 Å². The predicted octanol–water partition coefficient (Wildman–Crippen LogP) is 2.30. The molecule has 0 saturated carbocycles. The Morgan fingerprint density at radius 3 is 2.53 bits per heavy atom. The number of hydrogen-bond donors (Lipinski definition) is 3. The molecule has 4 N–H and O–H groups in total. The zero-order valence-corrected chi connectivity index (χ0v) is 19.2. The third-order valence-corrected chi connectivity index (χ3v) is 5.58. The molecular formula is C24H20N8O4. The summed E-state index contributed by atoms with van der Waals surface area (Å²) < 4.78 is 8.11. The van der Waals surface area contributed by atoms with Crippen LogP contribution in [0.3, 0.4) is 0 Å². The monoisotopic (exact) mass is 484 g/mol. The van der Waals surface area contributed by atoms with E-state index in [0.29, 0.717) is 28.5 Å². The summed E-state index contributed by atoms with van der Waals surface area (Å²) in [6.07, 6.45) is 5.87. The maximum absolute atomic E-state index is 12.9. The first-order valence-electron chi connectivity index (χ1n) is 10.7. The van der Waals surface area contributed by atoms with Gasteiger partial charge in [0.2, 0.25) is 0 Å². The van der Waals surface area contributed by atoms with Gasteiger partial charge < -0.3 is 21.1 Å². The van der Waals surface area contributed by atoms with Crippen molar-refractivity contribution in [2.24, 2.45) is 5.73 Å². The van der Waals surface area contributed by atoms with E-state index in [0.717, 1.165) is 5.56 Å². The van der Waals surface area contributed by atoms with Gasteiger partial charge in [0, 0.05) is 29.8 Å². The number of amides is 3. The Balaban J connectivity index is 1.34. The van der Waals surface area contributed by atoms with Gasteiger partial charge in [0.05, 0.1) is 19.5 Å². The molecule has 5 aromatic rings. The van der Waals surface area contributed by atoms with Crippen molar-refractivity contribution >= 4 is 40.4 Å². The van der Waals surface area contributed by atoms with Gasteiger partial charge in [-0.05, 0) is 42.8 Å². The van der Waals surface area contributed by atoms with Gasteiger partial charge in [-0.25, -0.2) is 14.5 Å². The first-order valence-corrected chi connectivity index (χ1v) is 10.7. The fourth-order valence-electron chi connectivity index (χ4n) is 3.76. The van der Waals surface area contributed by atoms with Crippen LogP contribution < -0.4 is 21.1 Å². The molecule has 12 heteroatoms. The number of fused-ring (bicyclic) bond motifs is 2. The minimum atomic E-state index is -0.688. The molecule has 1 aromatic carbocycles. The summed E-state index contributed by atoms with van der Waals surface area (Å²) in [5, 5.41) is 9.72. The van der Waals surface area contributed by atoms with Gasteiger partial charge in [-0.2, -0.15) is 5.10 Å². The Morgan fingerprint density at radius 1 is 0.972 bits per heavy atom. The molecule has 36 heavy (non-hydrogen) atoms. The number of carbonyl (C=O) groups excluding carboxylic acids is 3. The van der Waals surface area contributed by atoms with Crippen molar-refractivity contribution in [3.63, 3.8) is 0 Å². The molecule has 0 aliphatic rings. The summed E-state index contributed by atoms with van der Waals surface area (Å²) >= 11 is 0. The summed E-state index contributed by atoms with van der Waals surface area (Å²) in [5.41, 5.74) is 8.57. The maximum atomic E-state index is 12.9. The van der Waals surface area contributed by atoms with E-state index in [4.69, 9.17) is 10.5 Å². The molecule has 0 aliphatic carbocycles. The molecule has 0 saturated heterocycles. The number of primary amides is 1. The number of nitrogens with zero attached hydrogens (tertiary/aromatic N) is 5. The topological polar surface area (TPSA) is 158 Å². The van der Waals surface area contributed by atoms with E-state index in [-0.39, 0.29) is 22.8 Å². The smallest absolute Gasteiger partial charge is 0.274 e. The highest BCUT2D eigenvalue weighted by Gasteiger charge is 2.18. The van der Waals surface area contributed by atoms with Crippen molar-refractivity contribution in [2.45, 2.75) is 6.92 Å². The molecule has 0 fully saturated rings. The highest BCUT2D eigenvalue weighted by molar-refractivity contribution is 6.06. The molecule has 0 radical (unpaired) electrons. The minimum Gasteiger partial charge on any atom is -0.497 e. The molecule has 0 spiro atoms. The summed E-state index contributed by atoms with van der Waals surface area (Å²) in [6.45, 7) is 1.81. The highest BCUT2D eigenvalue weighted by Crippen LogP contribution is 2.22. The fraction of sp³-hybridized carbons (Fsp3) is 0.0833. The Bertz CT molecular complexity index is 1670. The van der Waals surface area contributed by atoms with Crippen molar-refractivity contribution < 1.29 is 19.1 Å². The normalized spacial score (nSPS) is 10.9. The van der Waals surface area contributed by atoms with Gasteiger partial charge in [0.1, 0.15) is 28.3 Å². The number of hydrogen-bond acceptors (Lipinski definition) is 7. The minimum absolute atomic E-state index is 0.116. The standard InChI is InChI=1S/C24H20N8O4/c1-13-9-14(29-23(34)18-5-7-26-22-16(21(25)33)11-28-32(18)22)3-4-17(13)30-24(35)19-12-27-20-10-15(36-2)6-8-31(19)20/h3-12H,1-2H3,(H2,25,33)(H,29,34)(H,30,35). The molecular weight excluding hydrogens is 464 g/mol. The molecule has 0 aliphatic heterocycles. The third kappa shape index (κ3) is 3.96. The van der Waals surface area contributed by atoms with Crippen LogP contribution in [0.15, 0.2) is 61.2 Å². The zero-order valence-electron chi connectivity index (χ0n) is 19.2. The Morgan fingerprint density at radius 2 is 1.78 bits per heavy atom. The van der Waals surface area contributed by atoms with Crippen LogP contribution in [0.5, 0.6) is 5.75 Å². The zero-order chi connectivity index (χ0) is 25.4. The molecule has 5 rings (SSSR count). The van der Waals surface area contributed by atoms with Crippen molar-refractivity contribution in [1.29, 1.82) is 0 Å². The first-order chi connectivity index (χ1) is 17.4. The second kappa shape index (κ2) is 8.83. The largest absolute Gasteiger partial charge is 0.497 e. The Hall–Kier alpha value is -5.26. The maximum Gasteiger partial charge on any atom is 0.274 e. The average Bonchev–Trinajstić information content (AvgIpc) is 3.49. The number of imidazole rings is 1. The van der Waals surface area contributed by atoms with Gasteiger partial charge in [0.25, 0.3) is 17.7 Å². The van der Waals surface area contributed by atoms with Crippen LogP contribution in [-0.2, 0) is 0 Å². The summed E-state index contributed by atoms with van der Waals surface area (Å²) in [7, 11) is 1.56. The van der Waals surface area contributed by atoms with Crippen LogP contribution >= 0.6 is 0 Å². The van der Waals surface area contributed by atoms with E-state index < -0.39 is 11.8 Å². The van der Waals surface area contributed by atoms with E-state index in [1.165, 1.54) is 29.2 Å². The number of nitrogens with two attached hydrogens (primary N) is 1. The van der Waals surface area contributed by atoms with Crippen LogP contribution in [0.4, 0.5) is 11.4 Å². The predicted molar refractivity (Wildman–Crippen MR) is 130 cm³/mol. The molecule has 4 aromatic heterocycles. The lowest BCUT2D eigenvalue weighted by molar-refractivity contribution is 0.0995. The second-order valence-corrected chi connectivity index (χ2v) is 7.86. The van der Waals surface area contributed by atoms with Crippen molar-refractivity contribution in [2.75, 3.05) is 17.7 Å².